The van der Waals surface area contributed by atoms with Crippen molar-refractivity contribution in [1.82, 2.24) is 10.6 Å². The van der Waals surface area contributed by atoms with Crippen molar-refractivity contribution in [2.24, 2.45) is 0 Å². The molecule has 1 rings (SSSR count). The molecule has 0 aliphatic carbocycles. The van der Waals surface area contributed by atoms with E-state index < -0.39 is 11.6 Å². The van der Waals surface area contributed by atoms with Crippen molar-refractivity contribution >= 4 is 5.91 Å². The fraction of sp³-hybridized carbons (Fsp3) is 0.462. The van der Waals surface area contributed by atoms with Gasteiger partial charge >= 0.3 is 0 Å². The molecular weight excluding hydrogens is 238 g/mol. The van der Waals surface area contributed by atoms with Gasteiger partial charge in [0, 0.05) is 13.1 Å². The lowest BCUT2D eigenvalue weighted by Gasteiger charge is -2.06. The van der Waals surface area contributed by atoms with Gasteiger partial charge in [-0.15, -0.1) is 0 Å². The summed E-state index contributed by atoms with van der Waals surface area (Å²) in [5.74, 6) is -1.83. The molecule has 0 aliphatic rings. The molecule has 0 saturated heterocycles. The van der Waals surface area contributed by atoms with E-state index in [1.807, 2.05) is 6.92 Å². The molecule has 3 nitrogen and oxygen atoms in total. The zero-order valence-corrected chi connectivity index (χ0v) is 10.4. The standard InChI is InChI=1S/C13H18F2N2O/c1-2-3-6-17-13(18)9-16-8-10-4-5-11(14)12(15)7-10/h4-5,7,16H,2-3,6,8-9H2,1H3,(H,17,18). The smallest absolute Gasteiger partial charge is 0.233 e. The Morgan fingerprint density at radius 3 is 2.72 bits per heavy atom. The van der Waals surface area contributed by atoms with Crippen molar-refractivity contribution in [3.63, 3.8) is 0 Å². The summed E-state index contributed by atoms with van der Waals surface area (Å²) in [6.45, 7) is 3.22. The number of halogens is 2. The molecule has 1 aromatic rings. The first-order chi connectivity index (χ1) is 8.63. The maximum Gasteiger partial charge on any atom is 0.233 e. The normalized spacial score (nSPS) is 10.4. The van der Waals surface area contributed by atoms with Gasteiger partial charge in [0.05, 0.1) is 6.54 Å². The van der Waals surface area contributed by atoms with E-state index in [2.05, 4.69) is 10.6 Å². The molecule has 0 spiro atoms. The number of carbonyl (C=O) groups is 1. The van der Waals surface area contributed by atoms with Crippen LogP contribution in [0.5, 0.6) is 0 Å². The largest absolute Gasteiger partial charge is 0.355 e. The van der Waals surface area contributed by atoms with Crippen LogP contribution in [0.4, 0.5) is 8.78 Å². The van der Waals surface area contributed by atoms with Gasteiger partial charge in [0.25, 0.3) is 0 Å². The molecule has 2 N–H and O–H groups in total. The minimum atomic E-state index is -0.873. The predicted octanol–water partition coefficient (Wildman–Crippen LogP) is 1.97. The van der Waals surface area contributed by atoms with Crippen LogP contribution >= 0.6 is 0 Å². The number of benzene rings is 1. The summed E-state index contributed by atoms with van der Waals surface area (Å²) >= 11 is 0. The Morgan fingerprint density at radius 2 is 2.06 bits per heavy atom. The maximum atomic E-state index is 12.9. The quantitative estimate of drug-likeness (QED) is 0.732. The van der Waals surface area contributed by atoms with Crippen LogP contribution in [-0.4, -0.2) is 19.0 Å². The fourth-order valence-corrected chi connectivity index (χ4v) is 1.44. The second-order valence-electron chi connectivity index (χ2n) is 4.06. The van der Waals surface area contributed by atoms with Gasteiger partial charge in [0.15, 0.2) is 11.6 Å². The van der Waals surface area contributed by atoms with Crippen LogP contribution in [0.2, 0.25) is 0 Å². The number of unbranched alkanes of at least 4 members (excludes halogenated alkanes) is 1. The topological polar surface area (TPSA) is 41.1 Å². The van der Waals surface area contributed by atoms with E-state index in [0.29, 0.717) is 18.7 Å². The van der Waals surface area contributed by atoms with Crippen molar-refractivity contribution in [2.75, 3.05) is 13.1 Å². The highest BCUT2D eigenvalue weighted by Crippen LogP contribution is 2.08. The first-order valence-electron chi connectivity index (χ1n) is 6.04. The first-order valence-corrected chi connectivity index (χ1v) is 6.04. The van der Waals surface area contributed by atoms with Gasteiger partial charge in [0.1, 0.15) is 0 Å². The molecule has 0 aliphatic heterocycles. The Labute approximate surface area is 106 Å². The van der Waals surface area contributed by atoms with Gasteiger partial charge in [-0.3, -0.25) is 4.79 Å². The van der Waals surface area contributed by atoms with Crippen LogP contribution in [0, 0.1) is 11.6 Å². The Morgan fingerprint density at radius 1 is 1.28 bits per heavy atom. The van der Waals surface area contributed by atoms with Crippen LogP contribution in [-0.2, 0) is 11.3 Å². The molecule has 0 radical (unpaired) electrons. The van der Waals surface area contributed by atoms with Crippen LogP contribution in [0.3, 0.4) is 0 Å². The van der Waals surface area contributed by atoms with E-state index in [9.17, 15) is 13.6 Å². The van der Waals surface area contributed by atoms with E-state index in [1.165, 1.54) is 6.07 Å². The summed E-state index contributed by atoms with van der Waals surface area (Å²) in [5.41, 5.74) is 0.607. The van der Waals surface area contributed by atoms with Gasteiger partial charge in [-0.05, 0) is 24.1 Å². The van der Waals surface area contributed by atoms with Crippen molar-refractivity contribution in [2.45, 2.75) is 26.3 Å². The van der Waals surface area contributed by atoms with E-state index in [0.717, 1.165) is 25.0 Å². The molecule has 18 heavy (non-hydrogen) atoms. The summed E-state index contributed by atoms with van der Waals surface area (Å²) in [6, 6.07) is 3.69. The van der Waals surface area contributed by atoms with E-state index in [4.69, 9.17) is 0 Å². The summed E-state index contributed by atoms with van der Waals surface area (Å²) in [4.78, 5) is 11.3. The molecule has 5 heteroatoms. The van der Waals surface area contributed by atoms with Crippen molar-refractivity contribution in [1.29, 1.82) is 0 Å². The van der Waals surface area contributed by atoms with Crippen molar-refractivity contribution in [3.05, 3.63) is 35.4 Å². The second kappa shape index (κ2) is 7.76. The van der Waals surface area contributed by atoms with Crippen molar-refractivity contribution in [3.8, 4) is 0 Å². The average molecular weight is 256 g/mol. The molecular formula is C13H18F2N2O. The second-order valence-corrected chi connectivity index (χ2v) is 4.06. The lowest BCUT2D eigenvalue weighted by Crippen LogP contribution is -2.34. The number of amides is 1. The van der Waals surface area contributed by atoms with Gasteiger partial charge in [-0.1, -0.05) is 19.4 Å². The molecule has 1 amide bonds. The monoisotopic (exact) mass is 256 g/mol. The van der Waals surface area contributed by atoms with E-state index >= 15 is 0 Å². The van der Waals surface area contributed by atoms with Crippen LogP contribution in [0.15, 0.2) is 18.2 Å². The molecule has 0 saturated carbocycles. The van der Waals surface area contributed by atoms with Crippen LogP contribution < -0.4 is 10.6 Å². The van der Waals surface area contributed by atoms with E-state index in [1.54, 1.807) is 0 Å². The summed E-state index contributed by atoms with van der Waals surface area (Å²) < 4.78 is 25.6. The molecule has 0 unspecified atom stereocenters. The molecule has 0 fully saturated rings. The zero-order valence-electron chi connectivity index (χ0n) is 10.4. The lowest BCUT2D eigenvalue weighted by atomic mass is 10.2. The molecule has 100 valence electrons. The highest BCUT2D eigenvalue weighted by atomic mass is 19.2. The SMILES string of the molecule is CCCCNC(=O)CNCc1ccc(F)c(F)c1. The number of nitrogens with one attached hydrogen (secondary N) is 2. The predicted molar refractivity (Wildman–Crippen MR) is 66.0 cm³/mol. The van der Waals surface area contributed by atoms with Crippen molar-refractivity contribution < 1.29 is 13.6 Å². The highest BCUT2D eigenvalue weighted by Gasteiger charge is 2.03. The summed E-state index contributed by atoms with van der Waals surface area (Å²) in [7, 11) is 0. The lowest BCUT2D eigenvalue weighted by molar-refractivity contribution is -0.120. The summed E-state index contributed by atoms with van der Waals surface area (Å²) in [6.07, 6.45) is 1.98. The highest BCUT2D eigenvalue weighted by molar-refractivity contribution is 5.77. The number of hydrogen-bond acceptors (Lipinski definition) is 2. The number of rotatable bonds is 7. The minimum Gasteiger partial charge on any atom is -0.355 e. The van der Waals surface area contributed by atoms with Gasteiger partial charge in [0.2, 0.25) is 5.91 Å². The third kappa shape index (κ3) is 5.23. The Kier molecular flexibility index (Phi) is 6.28. The maximum absolute atomic E-state index is 12.9. The minimum absolute atomic E-state index is 0.0916. The molecule has 1 aromatic carbocycles. The molecule has 0 bridgehead atoms. The Balaban J connectivity index is 2.24. The van der Waals surface area contributed by atoms with Gasteiger partial charge in [-0.25, -0.2) is 8.78 Å². The average Bonchev–Trinajstić information content (AvgIpc) is 2.34. The summed E-state index contributed by atoms with van der Waals surface area (Å²) in [5, 5.41) is 5.63. The van der Waals surface area contributed by atoms with Crippen LogP contribution in [0.25, 0.3) is 0 Å². The number of carbonyl (C=O) groups excluding carboxylic acids is 1. The Hall–Kier alpha value is -1.49. The van der Waals surface area contributed by atoms with Gasteiger partial charge < -0.3 is 10.6 Å². The van der Waals surface area contributed by atoms with Crippen LogP contribution in [0.1, 0.15) is 25.3 Å². The molecule has 0 aromatic heterocycles. The zero-order chi connectivity index (χ0) is 13.4. The Bertz CT molecular complexity index is 397. The fourth-order valence-electron chi connectivity index (χ4n) is 1.44. The number of hydrogen-bond donors (Lipinski definition) is 2. The molecule has 0 heterocycles. The third-order valence-corrected chi connectivity index (χ3v) is 2.45. The van der Waals surface area contributed by atoms with E-state index in [-0.39, 0.29) is 12.5 Å². The van der Waals surface area contributed by atoms with Gasteiger partial charge in [-0.2, -0.15) is 0 Å². The third-order valence-electron chi connectivity index (χ3n) is 2.45. The molecule has 0 atom stereocenters. The first kappa shape index (κ1) is 14.6.